The van der Waals surface area contributed by atoms with Crippen molar-refractivity contribution in [2.24, 2.45) is 4.99 Å². The molecule has 6 heteroatoms. The van der Waals surface area contributed by atoms with Gasteiger partial charge in [-0.2, -0.15) is 0 Å². The second-order valence-corrected chi connectivity index (χ2v) is 12.8. The van der Waals surface area contributed by atoms with Crippen molar-refractivity contribution < 1.29 is 4.74 Å². The Morgan fingerprint density at radius 2 is 1.58 bits per heavy atom. The van der Waals surface area contributed by atoms with Crippen molar-refractivity contribution in [2.75, 3.05) is 31.1 Å². The number of rotatable bonds is 8. The molecule has 5 nitrogen and oxygen atoms in total. The Bertz CT molecular complexity index is 1120. The quantitative estimate of drug-likeness (QED) is 0.282. The zero-order chi connectivity index (χ0) is 21.7. The standard InChI is InChI=1S/C25H28N4OS/c1-31(2,3)17-16-30-19-29-15-14-22-25(29)28-23(18-26-22)27-24(20-10-6-4-7-11-20)21-12-8-5-9-13-21/h4-15,18H,16-17,19H2,1-3H3. The van der Waals surface area contributed by atoms with E-state index in [-0.39, 0.29) is 0 Å². The number of nitrogens with zero attached hydrogens (tertiary/aromatic N) is 4. The Hall–Kier alpha value is -2.96. The van der Waals surface area contributed by atoms with Gasteiger partial charge in [0.15, 0.2) is 11.5 Å². The Labute approximate surface area is 185 Å². The molecule has 0 N–H and O–H groups in total. The Morgan fingerprint density at radius 3 is 2.19 bits per heavy atom. The Morgan fingerprint density at radius 1 is 0.935 bits per heavy atom. The maximum atomic E-state index is 5.90. The summed E-state index contributed by atoms with van der Waals surface area (Å²) in [4.78, 5) is 14.3. The molecule has 0 amide bonds. The highest BCUT2D eigenvalue weighted by Gasteiger charge is 2.10. The lowest BCUT2D eigenvalue weighted by atomic mass is 10.0. The van der Waals surface area contributed by atoms with Crippen LogP contribution in [0.5, 0.6) is 0 Å². The van der Waals surface area contributed by atoms with Gasteiger partial charge in [0, 0.05) is 23.1 Å². The van der Waals surface area contributed by atoms with Gasteiger partial charge in [0.25, 0.3) is 0 Å². The van der Waals surface area contributed by atoms with E-state index in [0.29, 0.717) is 12.5 Å². The van der Waals surface area contributed by atoms with Gasteiger partial charge in [0.05, 0.1) is 18.5 Å². The molecule has 2 heterocycles. The first-order valence-electron chi connectivity index (χ1n) is 10.2. The average Bonchev–Trinajstić information content (AvgIpc) is 3.18. The fraction of sp³-hybridized carbons (Fsp3) is 0.240. The molecule has 0 atom stereocenters. The molecular weight excluding hydrogens is 404 g/mol. The molecule has 0 aliphatic heterocycles. The van der Waals surface area contributed by atoms with E-state index < -0.39 is 10.0 Å². The molecule has 0 saturated carbocycles. The molecule has 0 aliphatic rings. The van der Waals surface area contributed by atoms with E-state index in [9.17, 15) is 0 Å². The van der Waals surface area contributed by atoms with Gasteiger partial charge >= 0.3 is 0 Å². The highest BCUT2D eigenvalue weighted by Crippen LogP contribution is 2.33. The molecule has 0 saturated heterocycles. The van der Waals surface area contributed by atoms with Crippen molar-refractivity contribution in [3.63, 3.8) is 0 Å². The first-order valence-corrected chi connectivity index (χ1v) is 13.3. The Balaban J connectivity index is 1.64. The molecule has 0 spiro atoms. The van der Waals surface area contributed by atoms with Gasteiger partial charge in [-0.25, -0.2) is 25.0 Å². The molecule has 0 unspecified atom stereocenters. The third kappa shape index (κ3) is 5.60. The van der Waals surface area contributed by atoms with Crippen LogP contribution in [0, 0.1) is 0 Å². The maximum Gasteiger partial charge on any atom is 0.173 e. The first-order chi connectivity index (χ1) is 15.0. The van der Waals surface area contributed by atoms with Gasteiger partial charge in [-0.05, 0) is 24.8 Å². The summed E-state index contributed by atoms with van der Waals surface area (Å²) >= 11 is 0. The third-order valence-electron chi connectivity index (χ3n) is 4.84. The number of aromatic nitrogens is 3. The highest BCUT2D eigenvalue weighted by atomic mass is 32.3. The number of ether oxygens (including phenoxy) is 1. The first kappa shape index (κ1) is 21.3. The average molecular weight is 433 g/mol. The molecule has 4 aromatic rings. The van der Waals surface area contributed by atoms with E-state index in [1.54, 1.807) is 6.20 Å². The lowest BCUT2D eigenvalue weighted by Gasteiger charge is -2.24. The SMILES string of the molecule is CS(C)(C)CCOCn1ccc2ncc(N=C(c3ccccc3)c3ccccc3)nc21. The molecule has 4 rings (SSSR count). The second-order valence-electron chi connectivity index (χ2n) is 8.25. The van der Waals surface area contributed by atoms with Crippen LogP contribution in [0.2, 0.25) is 0 Å². The van der Waals surface area contributed by atoms with E-state index in [4.69, 9.17) is 14.7 Å². The van der Waals surface area contributed by atoms with Crippen LogP contribution in [0.15, 0.2) is 84.1 Å². The van der Waals surface area contributed by atoms with Crippen LogP contribution in [0.1, 0.15) is 11.1 Å². The van der Waals surface area contributed by atoms with Crippen LogP contribution in [0.25, 0.3) is 11.2 Å². The minimum absolute atomic E-state index is 0.463. The van der Waals surface area contributed by atoms with Crippen LogP contribution in [-0.4, -0.2) is 51.4 Å². The number of hydrogen-bond donors (Lipinski definition) is 0. The molecule has 2 aromatic carbocycles. The van der Waals surface area contributed by atoms with Crippen molar-refractivity contribution in [1.82, 2.24) is 14.5 Å². The molecule has 0 aliphatic carbocycles. The van der Waals surface area contributed by atoms with Crippen molar-refractivity contribution in [3.8, 4) is 0 Å². The largest absolute Gasteiger partial charge is 0.360 e. The minimum atomic E-state index is -0.561. The lowest BCUT2D eigenvalue weighted by Crippen LogP contribution is -2.09. The van der Waals surface area contributed by atoms with Crippen LogP contribution in [0.3, 0.4) is 0 Å². The van der Waals surface area contributed by atoms with E-state index >= 15 is 0 Å². The van der Waals surface area contributed by atoms with E-state index in [1.807, 2.05) is 53.2 Å². The van der Waals surface area contributed by atoms with Crippen LogP contribution < -0.4 is 0 Å². The van der Waals surface area contributed by atoms with Gasteiger partial charge in [0.2, 0.25) is 0 Å². The minimum Gasteiger partial charge on any atom is -0.360 e. The predicted octanol–water partition coefficient (Wildman–Crippen LogP) is 5.27. The summed E-state index contributed by atoms with van der Waals surface area (Å²) in [7, 11) is -0.561. The molecular formula is C25H28N4OS. The fourth-order valence-corrected chi connectivity index (χ4v) is 3.79. The number of benzene rings is 2. The molecule has 160 valence electrons. The summed E-state index contributed by atoms with van der Waals surface area (Å²) in [6.07, 6.45) is 10.6. The van der Waals surface area contributed by atoms with Gasteiger partial charge in [0.1, 0.15) is 12.2 Å². The van der Waals surface area contributed by atoms with E-state index in [2.05, 4.69) is 48.0 Å². The summed E-state index contributed by atoms with van der Waals surface area (Å²) in [5, 5.41) is 0. The summed E-state index contributed by atoms with van der Waals surface area (Å²) in [5.74, 6) is 1.67. The van der Waals surface area contributed by atoms with Crippen LogP contribution in [-0.2, 0) is 11.5 Å². The van der Waals surface area contributed by atoms with Crippen LogP contribution in [0.4, 0.5) is 5.82 Å². The number of hydrogen-bond acceptors (Lipinski definition) is 4. The zero-order valence-corrected chi connectivity index (χ0v) is 19.0. The summed E-state index contributed by atoms with van der Waals surface area (Å²) < 4.78 is 7.89. The lowest BCUT2D eigenvalue weighted by molar-refractivity contribution is 0.0924. The Kier molecular flexibility index (Phi) is 6.49. The van der Waals surface area contributed by atoms with Crippen molar-refractivity contribution in [1.29, 1.82) is 0 Å². The smallest absolute Gasteiger partial charge is 0.173 e. The topological polar surface area (TPSA) is 52.3 Å². The van der Waals surface area contributed by atoms with Crippen LogP contribution >= 0.6 is 10.0 Å². The highest BCUT2D eigenvalue weighted by molar-refractivity contribution is 8.32. The fourth-order valence-electron chi connectivity index (χ4n) is 3.17. The molecule has 31 heavy (non-hydrogen) atoms. The zero-order valence-electron chi connectivity index (χ0n) is 18.2. The third-order valence-corrected chi connectivity index (χ3v) is 6.24. The van der Waals surface area contributed by atoms with Gasteiger partial charge in [-0.3, -0.25) is 0 Å². The monoisotopic (exact) mass is 432 g/mol. The van der Waals surface area contributed by atoms with Crippen molar-refractivity contribution >= 4 is 32.7 Å². The van der Waals surface area contributed by atoms with Gasteiger partial charge < -0.3 is 9.30 Å². The number of aliphatic imine (C=N–C) groups is 1. The van der Waals surface area contributed by atoms with E-state index in [0.717, 1.165) is 40.4 Å². The van der Waals surface area contributed by atoms with Gasteiger partial charge in [-0.1, -0.05) is 60.7 Å². The van der Waals surface area contributed by atoms with Crippen molar-refractivity contribution in [3.05, 3.63) is 90.3 Å². The van der Waals surface area contributed by atoms with E-state index in [1.165, 1.54) is 0 Å². The summed E-state index contributed by atoms with van der Waals surface area (Å²) in [5.41, 5.74) is 4.57. The predicted molar refractivity (Wildman–Crippen MR) is 132 cm³/mol. The van der Waals surface area contributed by atoms with Crippen molar-refractivity contribution in [2.45, 2.75) is 6.73 Å². The molecule has 2 aromatic heterocycles. The normalized spacial score (nSPS) is 12.1. The van der Waals surface area contributed by atoms with Gasteiger partial charge in [-0.15, -0.1) is 0 Å². The maximum absolute atomic E-state index is 5.90. The number of fused-ring (bicyclic) bond motifs is 1. The molecule has 0 bridgehead atoms. The summed E-state index contributed by atoms with van der Waals surface area (Å²) in [6, 6.07) is 22.3. The molecule has 0 radical (unpaired) electrons. The summed E-state index contributed by atoms with van der Waals surface area (Å²) in [6.45, 7) is 1.21. The molecule has 0 fully saturated rings. The second kappa shape index (κ2) is 9.45.